The van der Waals surface area contributed by atoms with Crippen LogP contribution in [0, 0.1) is 0 Å². The first kappa shape index (κ1) is 17.9. The first-order valence-corrected chi connectivity index (χ1v) is 10.3. The highest BCUT2D eigenvalue weighted by Gasteiger charge is 2.34. The van der Waals surface area contributed by atoms with Crippen molar-refractivity contribution in [1.29, 1.82) is 0 Å². The smallest absolute Gasteiger partial charge is 0.266 e. The minimum Gasteiger partial charge on any atom is -0.266 e. The van der Waals surface area contributed by atoms with Gasteiger partial charge in [-0.1, -0.05) is 78.3 Å². The van der Waals surface area contributed by atoms with E-state index < -0.39 is 0 Å². The summed E-state index contributed by atoms with van der Waals surface area (Å²) in [5.41, 5.74) is 2.08. The van der Waals surface area contributed by atoms with Crippen molar-refractivity contribution in [3.63, 3.8) is 0 Å². The van der Waals surface area contributed by atoms with Crippen molar-refractivity contribution in [2.24, 2.45) is 4.99 Å². The fourth-order valence-corrected chi connectivity index (χ4v) is 4.85. The largest absolute Gasteiger partial charge is 0.282 e. The number of nitrogens with zero attached hydrogens (tertiary/aromatic N) is 2. The molecule has 1 aromatic heterocycles. The molecular formula is C24H15ClN2OS. The summed E-state index contributed by atoms with van der Waals surface area (Å²) in [5, 5.41) is 1.59. The molecule has 0 aliphatic carbocycles. The molecule has 3 aromatic carbocycles. The van der Waals surface area contributed by atoms with Crippen molar-refractivity contribution in [2.75, 3.05) is 4.90 Å². The van der Waals surface area contributed by atoms with Crippen LogP contribution in [-0.4, -0.2) is 11.7 Å². The van der Waals surface area contributed by atoms with Gasteiger partial charge in [0.1, 0.15) is 5.70 Å². The molecular weight excluding hydrogens is 400 g/mol. The summed E-state index contributed by atoms with van der Waals surface area (Å²) in [6.45, 7) is 0. The molecule has 0 spiro atoms. The van der Waals surface area contributed by atoms with Crippen LogP contribution >= 0.6 is 22.9 Å². The number of anilines is 1. The second-order valence-electron chi connectivity index (χ2n) is 6.59. The molecule has 140 valence electrons. The molecule has 0 N–H and O–H groups in total. The van der Waals surface area contributed by atoms with E-state index >= 15 is 0 Å². The van der Waals surface area contributed by atoms with Gasteiger partial charge >= 0.3 is 0 Å². The van der Waals surface area contributed by atoms with E-state index in [0.717, 1.165) is 26.2 Å². The summed E-state index contributed by atoms with van der Waals surface area (Å²) in [6.07, 6.45) is 1.81. The van der Waals surface area contributed by atoms with Crippen LogP contribution in [0.2, 0.25) is 5.02 Å². The van der Waals surface area contributed by atoms with Crippen molar-refractivity contribution >= 4 is 56.5 Å². The molecule has 0 saturated carbocycles. The first-order valence-electron chi connectivity index (χ1n) is 9.15. The van der Waals surface area contributed by atoms with E-state index in [2.05, 4.69) is 0 Å². The van der Waals surface area contributed by atoms with Crippen LogP contribution in [-0.2, 0) is 4.79 Å². The molecule has 0 fully saturated rings. The van der Waals surface area contributed by atoms with E-state index in [1.54, 1.807) is 16.2 Å². The molecule has 1 aliphatic rings. The summed E-state index contributed by atoms with van der Waals surface area (Å²) in [7, 11) is 0. The number of amidine groups is 1. The van der Waals surface area contributed by atoms with E-state index in [0.29, 0.717) is 16.6 Å². The van der Waals surface area contributed by atoms with Crippen LogP contribution in [0.25, 0.3) is 16.2 Å². The fourth-order valence-electron chi connectivity index (χ4n) is 3.35. The Morgan fingerprint density at radius 3 is 2.24 bits per heavy atom. The summed E-state index contributed by atoms with van der Waals surface area (Å²) in [5.74, 6) is 0.401. The lowest BCUT2D eigenvalue weighted by Gasteiger charge is -2.17. The number of aliphatic imine (C=N–C) groups is 1. The van der Waals surface area contributed by atoms with Crippen molar-refractivity contribution in [3.8, 4) is 0 Å². The van der Waals surface area contributed by atoms with Gasteiger partial charge in [-0.15, -0.1) is 11.3 Å². The third-order valence-electron chi connectivity index (χ3n) is 4.72. The van der Waals surface area contributed by atoms with Crippen molar-refractivity contribution in [1.82, 2.24) is 0 Å². The monoisotopic (exact) mass is 414 g/mol. The van der Waals surface area contributed by atoms with Crippen LogP contribution < -0.4 is 4.90 Å². The lowest BCUT2D eigenvalue weighted by atomic mass is 10.2. The SMILES string of the molecule is O=C1/C(=C\c2ccccc2)N=C(c2sc3ccccc3c2Cl)N1c1ccccc1. The Kier molecular flexibility index (Phi) is 4.51. The van der Waals surface area contributed by atoms with Gasteiger partial charge in [0.25, 0.3) is 5.91 Å². The summed E-state index contributed by atoms with van der Waals surface area (Å²) < 4.78 is 1.07. The van der Waals surface area contributed by atoms with Crippen LogP contribution in [0.4, 0.5) is 5.69 Å². The number of amides is 1. The molecule has 3 nitrogen and oxygen atoms in total. The molecule has 0 saturated heterocycles. The maximum absolute atomic E-state index is 13.3. The highest BCUT2D eigenvalue weighted by atomic mass is 35.5. The molecule has 5 rings (SSSR count). The van der Waals surface area contributed by atoms with E-state index in [1.807, 2.05) is 91.0 Å². The molecule has 0 unspecified atom stereocenters. The second-order valence-corrected chi connectivity index (χ2v) is 8.02. The van der Waals surface area contributed by atoms with Gasteiger partial charge < -0.3 is 0 Å². The molecule has 29 heavy (non-hydrogen) atoms. The number of thiophene rings is 1. The average molecular weight is 415 g/mol. The lowest BCUT2D eigenvalue weighted by molar-refractivity contribution is -0.113. The highest BCUT2D eigenvalue weighted by molar-refractivity contribution is 7.21. The number of rotatable bonds is 3. The third kappa shape index (κ3) is 3.16. The maximum Gasteiger partial charge on any atom is 0.282 e. The van der Waals surface area contributed by atoms with Gasteiger partial charge in [0, 0.05) is 10.1 Å². The quantitative estimate of drug-likeness (QED) is 0.357. The average Bonchev–Trinajstić information content (AvgIpc) is 3.27. The summed E-state index contributed by atoms with van der Waals surface area (Å²) in [6, 6.07) is 27.2. The number of hydrogen-bond acceptors (Lipinski definition) is 3. The van der Waals surface area contributed by atoms with E-state index in [1.165, 1.54) is 0 Å². The molecule has 0 bridgehead atoms. The van der Waals surface area contributed by atoms with E-state index in [-0.39, 0.29) is 5.91 Å². The molecule has 2 heterocycles. The normalized spacial score (nSPS) is 15.3. The van der Waals surface area contributed by atoms with Gasteiger partial charge in [0.15, 0.2) is 5.84 Å². The Morgan fingerprint density at radius 1 is 0.862 bits per heavy atom. The number of hydrogen-bond donors (Lipinski definition) is 0. The minimum absolute atomic E-state index is 0.163. The number of carbonyl (C=O) groups is 1. The number of benzene rings is 3. The first-order chi connectivity index (χ1) is 14.2. The highest BCUT2D eigenvalue weighted by Crippen LogP contribution is 2.39. The van der Waals surface area contributed by atoms with Crippen LogP contribution in [0.15, 0.2) is 95.6 Å². The van der Waals surface area contributed by atoms with E-state index in [4.69, 9.17) is 16.6 Å². The number of carbonyl (C=O) groups excluding carboxylic acids is 1. The van der Waals surface area contributed by atoms with Gasteiger partial charge in [-0.25, -0.2) is 4.99 Å². The number of halogens is 1. The lowest BCUT2D eigenvalue weighted by Crippen LogP contribution is -2.32. The molecule has 0 radical (unpaired) electrons. The van der Waals surface area contributed by atoms with Crippen LogP contribution in [0.3, 0.4) is 0 Å². The van der Waals surface area contributed by atoms with E-state index in [9.17, 15) is 4.79 Å². The minimum atomic E-state index is -0.163. The van der Waals surface area contributed by atoms with Crippen LogP contribution in [0.1, 0.15) is 10.4 Å². The van der Waals surface area contributed by atoms with Crippen molar-refractivity contribution < 1.29 is 4.79 Å². The number of para-hydroxylation sites is 1. The molecule has 1 amide bonds. The van der Waals surface area contributed by atoms with Gasteiger partial charge in [-0.3, -0.25) is 9.69 Å². The zero-order valence-corrected chi connectivity index (χ0v) is 16.8. The Balaban J connectivity index is 1.70. The third-order valence-corrected chi connectivity index (χ3v) is 6.39. The zero-order chi connectivity index (χ0) is 19.8. The van der Waals surface area contributed by atoms with Crippen LogP contribution in [0.5, 0.6) is 0 Å². The molecule has 1 aliphatic heterocycles. The second kappa shape index (κ2) is 7.32. The van der Waals surface area contributed by atoms with Crippen molar-refractivity contribution in [2.45, 2.75) is 0 Å². The molecule has 4 aromatic rings. The molecule has 0 atom stereocenters. The topological polar surface area (TPSA) is 32.7 Å². The Labute approximate surface area is 177 Å². The van der Waals surface area contributed by atoms with Gasteiger partial charge in [-0.2, -0.15) is 0 Å². The predicted molar refractivity (Wildman–Crippen MR) is 122 cm³/mol. The molecule has 5 heteroatoms. The standard InChI is InChI=1S/C24H15ClN2OS/c25-21-18-13-7-8-14-20(18)29-22(21)23-26-19(15-16-9-3-1-4-10-16)24(28)27(23)17-11-5-2-6-12-17/h1-15H/b19-15+. The maximum atomic E-state index is 13.3. The number of fused-ring (bicyclic) bond motifs is 1. The predicted octanol–water partition coefficient (Wildman–Crippen LogP) is 6.39. The zero-order valence-electron chi connectivity index (χ0n) is 15.2. The summed E-state index contributed by atoms with van der Waals surface area (Å²) in [4.78, 5) is 20.5. The summed E-state index contributed by atoms with van der Waals surface area (Å²) >= 11 is 8.26. The Morgan fingerprint density at radius 2 is 1.52 bits per heavy atom. The van der Waals surface area contributed by atoms with Crippen molar-refractivity contribution in [3.05, 3.63) is 106 Å². The van der Waals surface area contributed by atoms with Gasteiger partial charge in [-0.05, 0) is 29.8 Å². The van der Waals surface area contributed by atoms with Gasteiger partial charge in [0.2, 0.25) is 0 Å². The Hall–Kier alpha value is -3.21. The van der Waals surface area contributed by atoms with Gasteiger partial charge in [0.05, 0.1) is 15.6 Å². The fraction of sp³-hybridized carbons (Fsp3) is 0. The Bertz CT molecular complexity index is 1280.